The minimum absolute atomic E-state index is 0.234. The third-order valence-electron chi connectivity index (χ3n) is 4.39. The fourth-order valence-electron chi connectivity index (χ4n) is 3.31. The number of hydrogen-bond donors (Lipinski definition) is 0. The van der Waals surface area contributed by atoms with Crippen LogP contribution < -0.4 is 10.4 Å². The second kappa shape index (κ2) is 6.61. The van der Waals surface area contributed by atoms with Crippen LogP contribution in [0.3, 0.4) is 0 Å². The molecule has 1 aliphatic heterocycles. The van der Waals surface area contributed by atoms with Gasteiger partial charge in [0.1, 0.15) is 11.3 Å². The normalized spacial score (nSPS) is 18.4. The zero-order valence-electron chi connectivity index (χ0n) is 13.9. The lowest BCUT2D eigenvalue weighted by Crippen LogP contribution is -2.32. The molecule has 0 spiro atoms. The van der Waals surface area contributed by atoms with Crippen LogP contribution in [-0.4, -0.2) is 18.7 Å². The Morgan fingerprint density at radius 1 is 1.19 bits per heavy atom. The van der Waals surface area contributed by atoms with E-state index < -0.39 is 23.6 Å². The lowest BCUT2D eigenvalue weighted by Gasteiger charge is -2.17. The number of carbonyl (C=O) groups is 1. The number of fused-ring (bicyclic) bond motifs is 3. The molecule has 2 aromatic carbocycles. The molecule has 1 aliphatic rings. The maximum atomic E-state index is 12.7. The van der Waals surface area contributed by atoms with Crippen LogP contribution in [-0.2, 0) is 9.53 Å². The molecular formula is C20H15BrO5. The monoisotopic (exact) mass is 414 g/mol. The van der Waals surface area contributed by atoms with Crippen molar-refractivity contribution in [3.63, 3.8) is 0 Å². The quantitative estimate of drug-likeness (QED) is 0.478. The number of hydrogen-bond acceptors (Lipinski definition) is 5. The van der Waals surface area contributed by atoms with Crippen LogP contribution >= 0.6 is 15.9 Å². The molecule has 6 heteroatoms. The summed E-state index contributed by atoms with van der Waals surface area (Å²) in [4.78, 5) is 25.2. The standard InChI is InChI=1S/C20H15BrO5/c1-2-24-20(23)18-15(11-6-4-3-5-7-11)16-17(26-18)13-10-12(21)8-9-14(13)25-19(16)22/h3-10,15,18H,2H2,1H3. The van der Waals surface area contributed by atoms with Crippen LogP contribution in [0.4, 0.5) is 0 Å². The van der Waals surface area contributed by atoms with Gasteiger partial charge in [0, 0.05) is 4.47 Å². The van der Waals surface area contributed by atoms with Crippen LogP contribution in [0, 0.1) is 0 Å². The lowest BCUT2D eigenvalue weighted by atomic mass is 9.88. The molecule has 2 unspecified atom stereocenters. The highest BCUT2D eigenvalue weighted by Crippen LogP contribution is 2.45. The Balaban J connectivity index is 1.97. The summed E-state index contributed by atoms with van der Waals surface area (Å²) in [5, 5.41) is 0.640. The van der Waals surface area contributed by atoms with Gasteiger partial charge in [-0.25, -0.2) is 9.59 Å². The fraction of sp³-hybridized carbons (Fsp3) is 0.200. The first-order valence-corrected chi connectivity index (χ1v) is 9.04. The average Bonchev–Trinajstić information content (AvgIpc) is 3.05. The fourth-order valence-corrected chi connectivity index (χ4v) is 3.67. The van der Waals surface area contributed by atoms with Gasteiger partial charge in [0.2, 0.25) is 6.10 Å². The summed E-state index contributed by atoms with van der Waals surface area (Å²) in [5.41, 5.74) is 1.05. The Morgan fingerprint density at radius 3 is 2.69 bits per heavy atom. The smallest absolute Gasteiger partial charge is 0.348 e. The van der Waals surface area contributed by atoms with Gasteiger partial charge in [0.25, 0.3) is 0 Å². The summed E-state index contributed by atoms with van der Waals surface area (Å²) in [6, 6.07) is 14.6. The molecule has 5 nitrogen and oxygen atoms in total. The topological polar surface area (TPSA) is 65.7 Å². The van der Waals surface area contributed by atoms with Crippen molar-refractivity contribution in [2.75, 3.05) is 6.61 Å². The molecule has 0 N–H and O–H groups in total. The van der Waals surface area contributed by atoms with Crippen molar-refractivity contribution >= 4 is 32.9 Å². The van der Waals surface area contributed by atoms with Crippen LogP contribution in [0.1, 0.15) is 24.0 Å². The van der Waals surface area contributed by atoms with E-state index in [2.05, 4.69) is 15.9 Å². The first-order chi connectivity index (χ1) is 12.6. The average molecular weight is 415 g/mol. The summed E-state index contributed by atoms with van der Waals surface area (Å²) in [7, 11) is 0. The van der Waals surface area contributed by atoms with Crippen molar-refractivity contribution < 1.29 is 18.7 Å². The van der Waals surface area contributed by atoms with Crippen LogP contribution in [0.15, 0.2) is 62.2 Å². The van der Waals surface area contributed by atoms with Gasteiger partial charge in [-0.15, -0.1) is 0 Å². The SMILES string of the molecule is CCOC(=O)C1Oc2c(c(=O)oc3ccc(Br)cc23)C1c1ccccc1. The lowest BCUT2D eigenvalue weighted by molar-refractivity contribution is -0.151. The van der Waals surface area contributed by atoms with E-state index in [1.807, 2.05) is 36.4 Å². The van der Waals surface area contributed by atoms with Crippen molar-refractivity contribution in [3.8, 4) is 5.75 Å². The minimum atomic E-state index is -0.931. The number of halogens is 1. The molecule has 0 saturated heterocycles. The highest BCUT2D eigenvalue weighted by Gasteiger charge is 2.45. The molecule has 0 saturated carbocycles. The van der Waals surface area contributed by atoms with E-state index in [1.54, 1.807) is 19.1 Å². The predicted octanol–water partition coefficient (Wildman–Crippen LogP) is 4.01. The summed E-state index contributed by atoms with van der Waals surface area (Å²) in [6.45, 7) is 1.97. The Hall–Kier alpha value is -2.60. The highest BCUT2D eigenvalue weighted by atomic mass is 79.9. The zero-order valence-corrected chi connectivity index (χ0v) is 15.5. The first kappa shape index (κ1) is 16.8. The Kier molecular flexibility index (Phi) is 4.28. The molecule has 0 fully saturated rings. The number of benzene rings is 2. The Bertz CT molecular complexity index is 1040. The number of ether oxygens (including phenoxy) is 2. The van der Waals surface area contributed by atoms with Crippen LogP contribution in [0.2, 0.25) is 0 Å². The third-order valence-corrected chi connectivity index (χ3v) is 4.88. The summed E-state index contributed by atoms with van der Waals surface area (Å²) in [5.74, 6) is -0.700. The van der Waals surface area contributed by atoms with Gasteiger partial charge < -0.3 is 13.9 Å². The maximum Gasteiger partial charge on any atom is 0.348 e. The molecule has 4 rings (SSSR count). The molecular weight excluding hydrogens is 400 g/mol. The van der Waals surface area contributed by atoms with Crippen molar-refractivity contribution in [2.24, 2.45) is 0 Å². The number of rotatable bonds is 3. The van der Waals surface area contributed by atoms with Gasteiger partial charge in [-0.05, 0) is 30.7 Å². The summed E-state index contributed by atoms with van der Waals surface area (Å²) < 4.78 is 17.5. The molecule has 1 aromatic heterocycles. The Morgan fingerprint density at radius 2 is 1.96 bits per heavy atom. The van der Waals surface area contributed by atoms with E-state index in [1.165, 1.54) is 0 Å². The van der Waals surface area contributed by atoms with Gasteiger partial charge >= 0.3 is 11.6 Å². The van der Waals surface area contributed by atoms with Crippen molar-refractivity contribution in [1.29, 1.82) is 0 Å². The van der Waals surface area contributed by atoms with E-state index in [0.29, 0.717) is 22.3 Å². The van der Waals surface area contributed by atoms with Gasteiger partial charge in [0.05, 0.1) is 23.5 Å². The second-order valence-corrected chi connectivity index (χ2v) is 6.87. The van der Waals surface area contributed by atoms with Crippen LogP contribution in [0.5, 0.6) is 5.75 Å². The molecule has 0 radical (unpaired) electrons. The van der Waals surface area contributed by atoms with Crippen molar-refractivity contribution in [2.45, 2.75) is 18.9 Å². The molecule has 132 valence electrons. The third kappa shape index (κ3) is 2.70. The van der Waals surface area contributed by atoms with Gasteiger partial charge in [-0.2, -0.15) is 0 Å². The van der Waals surface area contributed by atoms with Gasteiger partial charge in [0.15, 0.2) is 0 Å². The van der Waals surface area contributed by atoms with Crippen molar-refractivity contribution in [1.82, 2.24) is 0 Å². The summed E-state index contributed by atoms with van der Waals surface area (Å²) >= 11 is 3.42. The summed E-state index contributed by atoms with van der Waals surface area (Å²) in [6.07, 6.45) is -0.931. The minimum Gasteiger partial charge on any atom is -0.476 e. The number of esters is 1. The molecule has 2 atom stereocenters. The largest absolute Gasteiger partial charge is 0.476 e. The van der Waals surface area contributed by atoms with E-state index in [4.69, 9.17) is 13.9 Å². The molecule has 0 bridgehead atoms. The predicted molar refractivity (Wildman–Crippen MR) is 99.5 cm³/mol. The maximum absolute atomic E-state index is 12.7. The molecule has 0 aliphatic carbocycles. The molecule has 0 amide bonds. The zero-order chi connectivity index (χ0) is 18.3. The van der Waals surface area contributed by atoms with E-state index in [-0.39, 0.29) is 6.61 Å². The van der Waals surface area contributed by atoms with Gasteiger partial charge in [-0.1, -0.05) is 46.3 Å². The van der Waals surface area contributed by atoms with Crippen molar-refractivity contribution in [3.05, 3.63) is 74.6 Å². The van der Waals surface area contributed by atoms with Gasteiger partial charge in [-0.3, -0.25) is 0 Å². The second-order valence-electron chi connectivity index (χ2n) is 5.95. The first-order valence-electron chi connectivity index (χ1n) is 8.24. The highest BCUT2D eigenvalue weighted by molar-refractivity contribution is 9.10. The van der Waals surface area contributed by atoms with E-state index >= 15 is 0 Å². The molecule has 2 heterocycles. The Labute approximate surface area is 157 Å². The van der Waals surface area contributed by atoms with E-state index in [9.17, 15) is 9.59 Å². The van der Waals surface area contributed by atoms with E-state index in [0.717, 1.165) is 10.0 Å². The van der Waals surface area contributed by atoms with Crippen LogP contribution in [0.25, 0.3) is 11.0 Å². The molecule has 3 aromatic rings. The molecule has 26 heavy (non-hydrogen) atoms. The number of carbonyl (C=O) groups excluding carboxylic acids is 1.